The lowest BCUT2D eigenvalue weighted by Crippen LogP contribution is -2.15. The van der Waals surface area contributed by atoms with Crippen LogP contribution in [-0.4, -0.2) is 23.8 Å². The van der Waals surface area contributed by atoms with E-state index in [4.69, 9.17) is 4.74 Å². The molecule has 0 aliphatic carbocycles. The molecular weight excluding hydrogens is 385 g/mol. The molecule has 0 radical (unpaired) electrons. The zero-order valence-corrected chi connectivity index (χ0v) is 12.9. The molecule has 3 aromatic rings. The predicted molar refractivity (Wildman–Crippen MR) is 85.0 cm³/mol. The van der Waals surface area contributed by atoms with Gasteiger partial charge in [-0.25, -0.2) is 19.7 Å². The largest absolute Gasteiger partial charge is 0.444 e. The van der Waals surface area contributed by atoms with E-state index in [-0.39, 0.29) is 6.61 Å². The SMILES string of the molecule is O=C(Nc1ncnc2c1ncn2I)OCc1ccccc1. The van der Waals surface area contributed by atoms with Gasteiger partial charge in [0, 0.05) is 0 Å². The summed E-state index contributed by atoms with van der Waals surface area (Å²) in [5.41, 5.74) is 2.06. The van der Waals surface area contributed by atoms with Gasteiger partial charge in [0.15, 0.2) is 17.0 Å². The molecule has 0 saturated heterocycles. The van der Waals surface area contributed by atoms with Crippen LogP contribution in [0.25, 0.3) is 11.2 Å². The Labute approximate surface area is 133 Å². The molecule has 0 spiro atoms. The molecule has 1 N–H and O–H groups in total. The molecule has 1 aromatic carbocycles. The topological polar surface area (TPSA) is 81.9 Å². The van der Waals surface area contributed by atoms with E-state index in [1.807, 2.05) is 53.2 Å². The molecule has 21 heavy (non-hydrogen) atoms. The number of hydrogen-bond donors (Lipinski definition) is 1. The molecule has 8 heteroatoms. The molecule has 2 heterocycles. The highest BCUT2D eigenvalue weighted by molar-refractivity contribution is 14.1. The highest BCUT2D eigenvalue weighted by Gasteiger charge is 2.12. The first kappa shape index (κ1) is 13.7. The minimum absolute atomic E-state index is 0.196. The highest BCUT2D eigenvalue weighted by Crippen LogP contribution is 2.18. The second-order valence-electron chi connectivity index (χ2n) is 4.14. The first-order valence-electron chi connectivity index (χ1n) is 6.06. The lowest BCUT2D eigenvalue weighted by molar-refractivity contribution is 0.155. The summed E-state index contributed by atoms with van der Waals surface area (Å²) >= 11 is 2.05. The van der Waals surface area contributed by atoms with E-state index in [1.165, 1.54) is 6.33 Å². The van der Waals surface area contributed by atoms with Gasteiger partial charge < -0.3 is 4.74 Å². The zero-order chi connectivity index (χ0) is 14.7. The molecule has 2 aromatic heterocycles. The van der Waals surface area contributed by atoms with E-state index in [0.717, 1.165) is 5.56 Å². The summed E-state index contributed by atoms with van der Waals surface area (Å²) in [4.78, 5) is 24.1. The number of ether oxygens (including phenoxy) is 1. The maximum atomic E-state index is 11.8. The first-order valence-corrected chi connectivity index (χ1v) is 7.02. The normalized spacial score (nSPS) is 10.5. The average molecular weight is 395 g/mol. The first-order chi connectivity index (χ1) is 10.2. The van der Waals surface area contributed by atoms with Gasteiger partial charge in [0.05, 0.1) is 22.9 Å². The van der Waals surface area contributed by atoms with Crippen LogP contribution in [-0.2, 0) is 11.3 Å². The minimum Gasteiger partial charge on any atom is -0.444 e. The van der Waals surface area contributed by atoms with E-state index < -0.39 is 6.09 Å². The summed E-state index contributed by atoms with van der Waals surface area (Å²) in [5.74, 6) is 0.327. The van der Waals surface area contributed by atoms with Crippen molar-refractivity contribution in [2.45, 2.75) is 6.61 Å². The number of fused-ring (bicyclic) bond motifs is 1. The molecule has 1 amide bonds. The molecule has 106 valence electrons. The van der Waals surface area contributed by atoms with Gasteiger partial charge in [0.2, 0.25) is 0 Å². The molecule has 7 nitrogen and oxygen atoms in total. The third-order valence-electron chi connectivity index (χ3n) is 2.73. The Kier molecular flexibility index (Phi) is 3.95. The molecule has 0 atom stereocenters. The molecule has 0 aliphatic rings. The summed E-state index contributed by atoms with van der Waals surface area (Å²) in [5, 5.41) is 2.58. The van der Waals surface area contributed by atoms with E-state index in [0.29, 0.717) is 17.0 Å². The fourth-order valence-electron chi connectivity index (χ4n) is 1.76. The number of rotatable bonds is 3. The fourth-order valence-corrected chi connectivity index (χ4v) is 2.23. The van der Waals surface area contributed by atoms with Gasteiger partial charge in [-0.2, -0.15) is 0 Å². The smallest absolute Gasteiger partial charge is 0.413 e. The molecule has 0 fully saturated rings. The number of benzene rings is 1. The summed E-state index contributed by atoms with van der Waals surface area (Å²) in [7, 11) is 0. The van der Waals surface area contributed by atoms with Crippen molar-refractivity contribution < 1.29 is 9.53 Å². The van der Waals surface area contributed by atoms with Gasteiger partial charge in [-0.15, -0.1) is 0 Å². The van der Waals surface area contributed by atoms with Gasteiger partial charge in [-0.1, -0.05) is 30.3 Å². The Morgan fingerprint density at radius 3 is 2.86 bits per heavy atom. The van der Waals surface area contributed by atoms with E-state index in [1.54, 1.807) is 9.11 Å². The highest BCUT2D eigenvalue weighted by atomic mass is 127. The Morgan fingerprint density at radius 2 is 2.05 bits per heavy atom. The van der Waals surface area contributed by atoms with Crippen LogP contribution in [0.2, 0.25) is 0 Å². The van der Waals surface area contributed by atoms with Gasteiger partial charge in [0.1, 0.15) is 19.3 Å². The van der Waals surface area contributed by atoms with Crippen LogP contribution in [0.1, 0.15) is 5.56 Å². The maximum Gasteiger partial charge on any atom is 0.413 e. The number of hydrogen-bond acceptors (Lipinski definition) is 5. The summed E-state index contributed by atoms with van der Waals surface area (Å²) in [6.45, 7) is 0.196. The van der Waals surface area contributed by atoms with Crippen LogP contribution < -0.4 is 5.32 Å². The molecule has 0 saturated carbocycles. The van der Waals surface area contributed by atoms with Crippen molar-refractivity contribution in [3.8, 4) is 0 Å². The number of nitrogens with zero attached hydrogens (tertiary/aromatic N) is 4. The third kappa shape index (κ3) is 3.10. The fraction of sp³-hybridized carbons (Fsp3) is 0.0769. The molecule has 0 bridgehead atoms. The minimum atomic E-state index is -0.582. The van der Waals surface area contributed by atoms with Crippen molar-refractivity contribution in [3.05, 3.63) is 48.5 Å². The number of carbonyl (C=O) groups excluding carboxylic acids is 1. The van der Waals surface area contributed by atoms with Crippen LogP contribution in [0, 0.1) is 0 Å². The average Bonchev–Trinajstić information content (AvgIpc) is 2.89. The van der Waals surface area contributed by atoms with Crippen molar-refractivity contribution in [1.29, 1.82) is 0 Å². The van der Waals surface area contributed by atoms with E-state index >= 15 is 0 Å². The monoisotopic (exact) mass is 395 g/mol. The maximum absolute atomic E-state index is 11.8. The molecule has 0 aliphatic heterocycles. The summed E-state index contributed by atoms with van der Waals surface area (Å²) in [6.07, 6.45) is 2.38. The molecular formula is C13H10IN5O2. The number of nitrogens with one attached hydrogen (secondary N) is 1. The number of carbonyl (C=O) groups is 1. The lowest BCUT2D eigenvalue weighted by atomic mass is 10.2. The standard InChI is InChI=1S/C13H10IN5O2/c14-19-8-17-10-11(15-7-16-12(10)19)18-13(20)21-6-9-4-2-1-3-5-9/h1-5,7-8H,6H2,(H,15,16,18,20). The second kappa shape index (κ2) is 6.04. The van der Waals surface area contributed by atoms with Crippen LogP contribution in [0.15, 0.2) is 43.0 Å². The molecule has 3 rings (SSSR count). The van der Waals surface area contributed by atoms with Crippen LogP contribution >= 0.6 is 22.9 Å². The zero-order valence-electron chi connectivity index (χ0n) is 10.7. The van der Waals surface area contributed by atoms with Crippen molar-refractivity contribution in [2.24, 2.45) is 0 Å². The van der Waals surface area contributed by atoms with Gasteiger partial charge >= 0.3 is 6.09 Å². The van der Waals surface area contributed by atoms with Crippen molar-refractivity contribution in [2.75, 3.05) is 5.32 Å². The van der Waals surface area contributed by atoms with E-state index in [9.17, 15) is 4.79 Å². The van der Waals surface area contributed by atoms with Gasteiger partial charge in [-0.05, 0) is 5.56 Å². The van der Waals surface area contributed by atoms with Crippen molar-refractivity contribution >= 4 is 45.9 Å². The summed E-state index contributed by atoms with van der Waals surface area (Å²) in [6, 6.07) is 9.44. The second-order valence-corrected chi connectivity index (χ2v) is 5.18. The Balaban J connectivity index is 1.69. The number of amides is 1. The van der Waals surface area contributed by atoms with Crippen molar-refractivity contribution in [1.82, 2.24) is 17.7 Å². The molecule has 0 unspecified atom stereocenters. The Morgan fingerprint density at radius 1 is 1.24 bits per heavy atom. The Bertz CT molecular complexity index is 775. The van der Waals surface area contributed by atoms with Crippen LogP contribution in [0.3, 0.4) is 0 Å². The quantitative estimate of drug-likeness (QED) is 0.690. The van der Waals surface area contributed by atoms with E-state index in [2.05, 4.69) is 20.3 Å². The summed E-state index contributed by atoms with van der Waals surface area (Å²) < 4.78 is 6.86. The van der Waals surface area contributed by atoms with Gasteiger partial charge in [0.25, 0.3) is 0 Å². The third-order valence-corrected chi connectivity index (χ3v) is 3.43. The van der Waals surface area contributed by atoms with Gasteiger partial charge in [-0.3, -0.25) is 8.10 Å². The number of halogens is 1. The number of aromatic nitrogens is 4. The lowest BCUT2D eigenvalue weighted by Gasteiger charge is -2.06. The number of imidazole rings is 1. The van der Waals surface area contributed by atoms with Crippen molar-refractivity contribution in [3.63, 3.8) is 0 Å². The number of anilines is 1. The van der Waals surface area contributed by atoms with Crippen LogP contribution in [0.4, 0.5) is 10.6 Å². The predicted octanol–water partition coefficient (Wildman–Crippen LogP) is 2.77. The van der Waals surface area contributed by atoms with Crippen LogP contribution in [0.5, 0.6) is 0 Å². The Hall–Kier alpha value is -2.23.